The Morgan fingerprint density at radius 2 is 2.06 bits per heavy atom. The highest BCUT2D eigenvalue weighted by molar-refractivity contribution is 14.0. The number of rotatable bonds is 2. The molecule has 1 heterocycles. The van der Waals surface area contributed by atoms with Gasteiger partial charge in [-0.2, -0.15) is 0 Å². The van der Waals surface area contributed by atoms with Gasteiger partial charge in [-0.05, 0) is 12.8 Å². The first-order valence-corrected chi connectivity index (χ1v) is 6.84. The molecule has 0 bridgehead atoms. The molecule has 1 saturated heterocycles. The lowest BCUT2D eigenvalue weighted by Crippen LogP contribution is -2.34. The SMILES string of the molecule is CN(C)C(N)=NCC1CCCCS1(=O)=O.I. The highest BCUT2D eigenvalue weighted by Gasteiger charge is 2.28. The largest absolute Gasteiger partial charge is 0.370 e. The van der Waals surface area contributed by atoms with Crippen LogP contribution in [0.25, 0.3) is 0 Å². The Balaban J connectivity index is 0.00000225. The van der Waals surface area contributed by atoms with Crippen LogP contribution in [0.15, 0.2) is 4.99 Å². The molecule has 7 heteroatoms. The van der Waals surface area contributed by atoms with Crippen molar-refractivity contribution in [2.75, 3.05) is 26.4 Å². The number of guanidine groups is 1. The molecule has 1 atom stereocenters. The zero-order valence-electron chi connectivity index (χ0n) is 9.72. The van der Waals surface area contributed by atoms with E-state index in [0.29, 0.717) is 24.7 Å². The van der Waals surface area contributed by atoms with Crippen molar-refractivity contribution >= 4 is 39.8 Å². The third kappa shape index (κ3) is 4.44. The second-order valence-electron chi connectivity index (χ2n) is 4.08. The number of nitrogens with zero attached hydrogens (tertiary/aromatic N) is 2. The fraction of sp³-hybridized carbons (Fsp3) is 0.889. The van der Waals surface area contributed by atoms with Gasteiger partial charge in [0.05, 0.1) is 17.5 Å². The van der Waals surface area contributed by atoms with E-state index in [9.17, 15) is 8.42 Å². The van der Waals surface area contributed by atoms with Gasteiger partial charge >= 0.3 is 0 Å². The Kier molecular flexibility index (Phi) is 6.61. The highest BCUT2D eigenvalue weighted by atomic mass is 127. The Morgan fingerprint density at radius 1 is 1.44 bits per heavy atom. The zero-order valence-corrected chi connectivity index (χ0v) is 12.9. The summed E-state index contributed by atoms with van der Waals surface area (Å²) in [5, 5.41) is -0.329. The Hall–Kier alpha value is -0.0500. The Bertz CT molecular complexity index is 341. The number of hydrogen-bond acceptors (Lipinski definition) is 3. The molecule has 1 unspecified atom stereocenters. The van der Waals surface area contributed by atoms with Gasteiger partial charge in [-0.25, -0.2) is 8.42 Å². The third-order valence-corrected chi connectivity index (χ3v) is 4.89. The van der Waals surface area contributed by atoms with Crippen LogP contribution < -0.4 is 5.73 Å². The van der Waals surface area contributed by atoms with Crippen molar-refractivity contribution in [3.05, 3.63) is 0 Å². The zero-order chi connectivity index (χ0) is 11.5. The molecule has 0 aromatic heterocycles. The molecule has 0 spiro atoms. The highest BCUT2D eigenvalue weighted by Crippen LogP contribution is 2.19. The fourth-order valence-electron chi connectivity index (χ4n) is 1.56. The maximum atomic E-state index is 11.6. The lowest BCUT2D eigenvalue weighted by atomic mass is 10.2. The number of halogens is 1. The van der Waals surface area contributed by atoms with Crippen LogP contribution in [0.3, 0.4) is 0 Å². The lowest BCUT2D eigenvalue weighted by Gasteiger charge is -2.21. The third-order valence-electron chi connectivity index (χ3n) is 2.63. The minimum Gasteiger partial charge on any atom is -0.370 e. The average molecular weight is 361 g/mol. The number of sulfone groups is 1. The van der Waals surface area contributed by atoms with E-state index in [1.165, 1.54) is 0 Å². The van der Waals surface area contributed by atoms with Crippen LogP contribution in [0.5, 0.6) is 0 Å². The van der Waals surface area contributed by atoms with Gasteiger partial charge in [0.1, 0.15) is 0 Å². The molecule has 0 saturated carbocycles. The van der Waals surface area contributed by atoms with Crippen molar-refractivity contribution in [2.45, 2.75) is 24.5 Å². The number of nitrogens with two attached hydrogens (primary N) is 1. The van der Waals surface area contributed by atoms with Crippen LogP contribution in [-0.4, -0.2) is 50.9 Å². The molecule has 0 aliphatic carbocycles. The predicted octanol–water partition coefficient (Wildman–Crippen LogP) is 0.448. The van der Waals surface area contributed by atoms with Crippen LogP contribution in [0.2, 0.25) is 0 Å². The molecule has 1 aliphatic rings. The summed E-state index contributed by atoms with van der Waals surface area (Å²) in [5.74, 6) is 0.686. The van der Waals surface area contributed by atoms with E-state index in [1.54, 1.807) is 19.0 Å². The van der Waals surface area contributed by atoms with Crippen LogP contribution >= 0.6 is 24.0 Å². The van der Waals surface area contributed by atoms with Gasteiger partial charge < -0.3 is 10.6 Å². The van der Waals surface area contributed by atoms with Crippen LogP contribution in [0.4, 0.5) is 0 Å². The number of hydrogen-bond donors (Lipinski definition) is 1. The molecule has 0 amide bonds. The second-order valence-corrected chi connectivity index (χ2v) is 6.48. The smallest absolute Gasteiger partial charge is 0.190 e. The second kappa shape index (κ2) is 6.63. The first-order valence-electron chi connectivity index (χ1n) is 5.12. The molecule has 0 radical (unpaired) electrons. The summed E-state index contributed by atoms with van der Waals surface area (Å²) in [5.41, 5.74) is 5.60. The maximum Gasteiger partial charge on any atom is 0.190 e. The van der Waals surface area contributed by atoms with Crippen molar-refractivity contribution in [2.24, 2.45) is 10.7 Å². The van der Waals surface area contributed by atoms with Gasteiger partial charge in [0, 0.05) is 14.1 Å². The van der Waals surface area contributed by atoms with Gasteiger partial charge in [0.2, 0.25) is 0 Å². The summed E-state index contributed by atoms with van der Waals surface area (Å²) in [6.45, 7) is 0.298. The summed E-state index contributed by atoms with van der Waals surface area (Å²) >= 11 is 0. The molecule has 1 fully saturated rings. The first-order chi connectivity index (χ1) is 6.93. The predicted molar refractivity (Wildman–Crippen MR) is 77.0 cm³/mol. The summed E-state index contributed by atoms with van der Waals surface area (Å²) in [6, 6.07) is 0. The maximum absolute atomic E-state index is 11.6. The van der Waals surface area contributed by atoms with E-state index in [-0.39, 0.29) is 29.2 Å². The van der Waals surface area contributed by atoms with Gasteiger partial charge in [-0.3, -0.25) is 4.99 Å². The molecule has 2 N–H and O–H groups in total. The van der Waals surface area contributed by atoms with Crippen molar-refractivity contribution < 1.29 is 8.42 Å². The van der Waals surface area contributed by atoms with E-state index in [1.807, 2.05) is 0 Å². The van der Waals surface area contributed by atoms with Crippen molar-refractivity contribution in [1.82, 2.24) is 4.90 Å². The van der Waals surface area contributed by atoms with Crippen LogP contribution in [0, 0.1) is 0 Å². The molecule has 5 nitrogen and oxygen atoms in total. The standard InChI is InChI=1S/C9H19N3O2S.HI/c1-12(2)9(10)11-7-8-5-3-4-6-15(8,13)14;/h8H,3-7H2,1-2H3,(H2,10,11);1H. The molecule has 0 aromatic rings. The number of aliphatic imine (C=N–C) groups is 1. The molecule has 96 valence electrons. The van der Waals surface area contributed by atoms with E-state index >= 15 is 0 Å². The van der Waals surface area contributed by atoms with Crippen LogP contribution in [-0.2, 0) is 9.84 Å². The Morgan fingerprint density at radius 3 is 2.56 bits per heavy atom. The molecular weight excluding hydrogens is 341 g/mol. The van der Waals surface area contributed by atoms with E-state index < -0.39 is 9.84 Å². The molecule has 1 aliphatic heterocycles. The summed E-state index contributed by atoms with van der Waals surface area (Å²) < 4.78 is 23.3. The summed E-state index contributed by atoms with van der Waals surface area (Å²) in [4.78, 5) is 5.76. The lowest BCUT2D eigenvalue weighted by molar-refractivity contribution is 0.539. The molecule has 1 rings (SSSR count). The first kappa shape index (κ1) is 16.0. The Labute approximate surface area is 114 Å². The minimum atomic E-state index is -2.93. The molecule has 0 aromatic carbocycles. The summed E-state index contributed by atoms with van der Waals surface area (Å²) in [7, 11) is 0.646. The van der Waals surface area contributed by atoms with Gasteiger partial charge in [0.25, 0.3) is 0 Å². The van der Waals surface area contributed by atoms with Gasteiger partial charge in [-0.15, -0.1) is 24.0 Å². The van der Waals surface area contributed by atoms with Crippen molar-refractivity contribution in [3.63, 3.8) is 0 Å². The van der Waals surface area contributed by atoms with Crippen LogP contribution in [0.1, 0.15) is 19.3 Å². The van der Waals surface area contributed by atoms with E-state index in [2.05, 4.69) is 4.99 Å². The van der Waals surface area contributed by atoms with E-state index in [0.717, 1.165) is 12.8 Å². The summed E-state index contributed by atoms with van der Waals surface area (Å²) in [6.07, 6.45) is 2.47. The van der Waals surface area contributed by atoms with Crippen molar-refractivity contribution in [1.29, 1.82) is 0 Å². The normalized spacial score (nSPS) is 24.6. The molecular formula is C9H20IN3O2S. The monoisotopic (exact) mass is 361 g/mol. The quantitative estimate of drug-likeness (QED) is 0.440. The van der Waals surface area contributed by atoms with Gasteiger partial charge in [-0.1, -0.05) is 6.42 Å². The fourth-order valence-corrected chi connectivity index (χ4v) is 3.33. The minimum absolute atomic E-state index is 0. The van der Waals surface area contributed by atoms with Gasteiger partial charge in [0.15, 0.2) is 15.8 Å². The molecule has 16 heavy (non-hydrogen) atoms. The average Bonchev–Trinajstić information content (AvgIpc) is 2.14. The van der Waals surface area contributed by atoms with E-state index in [4.69, 9.17) is 5.73 Å². The van der Waals surface area contributed by atoms with Crippen molar-refractivity contribution in [3.8, 4) is 0 Å². The topological polar surface area (TPSA) is 75.8 Å².